The molecule has 1 atom stereocenters. The van der Waals surface area contributed by atoms with Crippen LogP contribution in [0.4, 0.5) is 0 Å². The zero-order chi connectivity index (χ0) is 22.9. The Balaban J connectivity index is 1.42. The third-order valence-electron chi connectivity index (χ3n) is 5.93. The van der Waals surface area contributed by atoms with E-state index in [2.05, 4.69) is 56.8 Å². The average Bonchev–Trinajstić information content (AvgIpc) is 3.58. The van der Waals surface area contributed by atoms with Gasteiger partial charge in [0.25, 0.3) is 0 Å². The first-order valence-corrected chi connectivity index (χ1v) is 11.6. The number of nitrogens with zero attached hydrogens (tertiary/aromatic N) is 5. The molecule has 8 heteroatoms. The summed E-state index contributed by atoms with van der Waals surface area (Å²) >= 11 is 0. The highest BCUT2D eigenvalue weighted by molar-refractivity contribution is 5.79. The summed E-state index contributed by atoms with van der Waals surface area (Å²) < 4.78 is 7.09. The molecule has 2 aromatic carbocycles. The largest absolute Gasteiger partial charge is 0.497 e. The molecule has 1 fully saturated rings. The highest BCUT2D eigenvalue weighted by atomic mass is 16.5. The summed E-state index contributed by atoms with van der Waals surface area (Å²) in [4.78, 5) is 11.4. The van der Waals surface area contributed by atoms with Crippen molar-refractivity contribution in [3.63, 3.8) is 0 Å². The summed E-state index contributed by atoms with van der Waals surface area (Å²) in [6.45, 7) is 6.56. The molecule has 1 saturated heterocycles. The van der Waals surface area contributed by atoms with Gasteiger partial charge in [-0.05, 0) is 68.2 Å². The van der Waals surface area contributed by atoms with Crippen LogP contribution in [0.25, 0.3) is 5.69 Å². The SMILES string of the molecule is CCNC(=NCc1ccc(-n2cncn2)cc1)NCC(c1ccc(OC)cc1)N1CCCC1. The number of aliphatic imine (C=N–C) groups is 1. The lowest BCUT2D eigenvalue weighted by Gasteiger charge is -2.29. The fourth-order valence-corrected chi connectivity index (χ4v) is 4.14. The highest BCUT2D eigenvalue weighted by Crippen LogP contribution is 2.26. The van der Waals surface area contributed by atoms with Crippen molar-refractivity contribution in [2.75, 3.05) is 33.3 Å². The summed E-state index contributed by atoms with van der Waals surface area (Å²) in [5.74, 6) is 1.71. The molecule has 0 saturated carbocycles. The van der Waals surface area contributed by atoms with Crippen LogP contribution in [-0.4, -0.2) is 58.9 Å². The van der Waals surface area contributed by atoms with E-state index in [1.54, 1.807) is 18.1 Å². The molecule has 0 radical (unpaired) electrons. The van der Waals surface area contributed by atoms with Crippen LogP contribution >= 0.6 is 0 Å². The first kappa shape index (κ1) is 22.8. The molecular formula is C25H33N7O. The molecule has 1 aliphatic heterocycles. The Bertz CT molecular complexity index is 994. The molecule has 1 unspecified atom stereocenters. The summed E-state index contributed by atoms with van der Waals surface area (Å²) in [5.41, 5.74) is 3.42. The molecule has 1 aromatic heterocycles. The maximum Gasteiger partial charge on any atom is 0.191 e. The monoisotopic (exact) mass is 447 g/mol. The fraction of sp³-hybridized carbons (Fsp3) is 0.400. The van der Waals surface area contributed by atoms with Crippen LogP contribution in [0.15, 0.2) is 66.2 Å². The lowest BCUT2D eigenvalue weighted by Crippen LogP contribution is -2.42. The topological polar surface area (TPSA) is 79.6 Å². The molecule has 0 spiro atoms. The Morgan fingerprint density at radius 2 is 1.82 bits per heavy atom. The summed E-state index contributed by atoms with van der Waals surface area (Å²) in [7, 11) is 1.70. The minimum Gasteiger partial charge on any atom is -0.497 e. The van der Waals surface area contributed by atoms with E-state index in [1.165, 1.54) is 24.7 Å². The Morgan fingerprint density at radius 1 is 1.06 bits per heavy atom. The van der Waals surface area contributed by atoms with Crippen molar-refractivity contribution < 1.29 is 4.74 Å². The molecular weight excluding hydrogens is 414 g/mol. The second-order valence-corrected chi connectivity index (χ2v) is 8.11. The van der Waals surface area contributed by atoms with Gasteiger partial charge in [-0.15, -0.1) is 0 Å². The van der Waals surface area contributed by atoms with E-state index in [-0.39, 0.29) is 0 Å². The van der Waals surface area contributed by atoms with Gasteiger partial charge >= 0.3 is 0 Å². The van der Waals surface area contributed by atoms with Gasteiger partial charge in [-0.25, -0.2) is 14.7 Å². The number of rotatable bonds is 9. The van der Waals surface area contributed by atoms with Crippen LogP contribution in [0, 0.1) is 0 Å². The van der Waals surface area contributed by atoms with Crippen molar-refractivity contribution in [2.45, 2.75) is 32.4 Å². The zero-order valence-electron chi connectivity index (χ0n) is 19.4. The van der Waals surface area contributed by atoms with E-state index < -0.39 is 0 Å². The van der Waals surface area contributed by atoms with Crippen molar-refractivity contribution in [3.8, 4) is 11.4 Å². The second-order valence-electron chi connectivity index (χ2n) is 8.11. The van der Waals surface area contributed by atoms with Gasteiger partial charge in [-0.1, -0.05) is 24.3 Å². The molecule has 174 valence electrons. The van der Waals surface area contributed by atoms with Crippen LogP contribution in [0.1, 0.15) is 36.9 Å². The predicted molar refractivity (Wildman–Crippen MR) is 131 cm³/mol. The number of hydrogen-bond donors (Lipinski definition) is 2. The Hall–Kier alpha value is -3.39. The number of guanidine groups is 1. The van der Waals surface area contributed by atoms with Crippen molar-refractivity contribution >= 4 is 5.96 Å². The maximum atomic E-state index is 5.34. The predicted octanol–water partition coefficient (Wildman–Crippen LogP) is 3.17. The van der Waals surface area contributed by atoms with Crippen molar-refractivity contribution in [3.05, 3.63) is 72.3 Å². The fourth-order valence-electron chi connectivity index (χ4n) is 4.14. The molecule has 2 heterocycles. The van der Waals surface area contributed by atoms with E-state index in [1.807, 2.05) is 24.3 Å². The van der Waals surface area contributed by atoms with Gasteiger partial charge in [0, 0.05) is 13.1 Å². The Kier molecular flexibility index (Phi) is 7.92. The number of aromatic nitrogens is 3. The Labute approximate surface area is 195 Å². The lowest BCUT2D eigenvalue weighted by molar-refractivity contribution is 0.245. The van der Waals surface area contributed by atoms with E-state index in [4.69, 9.17) is 9.73 Å². The van der Waals surface area contributed by atoms with Gasteiger partial charge in [0.2, 0.25) is 0 Å². The van der Waals surface area contributed by atoms with Crippen molar-refractivity contribution in [2.24, 2.45) is 4.99 Å². The molecule has 33 heavy (non-hydrogen) atoms. The molecule has 0 aliphatic carbocycles. The van der Waals surface area contributed by atoms with Crippen LogP contribution in [-0.2, 0) is 6.54 Å². The van der Waals surface area contributed by atoms with E-state index in [0.717, 1.165) is 49.1 Å². The number of methoxy groups -OCH3 is 1. The summed E-state index contributed by atoms with van der Waals surface area (Å²) in [6.07, 6.45) is 5.74. The van der Waals surface area contributed by atoms with Crippen molar-refractivity contribution in [1.29, 1.82) is 0 Å². The summed E-state index contributed by atoms with van der Waals surface area (Å²) in [5, 5.41) is 11.1. The number of benzene rings is 2. The van der Waals surface area contributed by atoms with Crippen LogP contribution in [0.3, 0.4) is 0 Å². The standard InChI is InChI=1S/C25H33N7O/c1-3-27-25(28-16-20-6-10-22(11-7-20)32-19-26-18-30-32)29-17-24(31-14-4-5-15-31)21-8-12-23(33-2)13-9-21/h6-13,18-19,24H,3-5,14-17H2,1-2H3,(H2,27,28,29). The Morgan fingerprint density at radius 3 is 2.45 bits per heavy atom. The van der Waals surface area contributed by atoms with Gasteiger partial charge in [-0.3, -0.25) is 4.90 Å². The van der Waals surface area contributed by atoms with E-state index in [9.17, 15) is 0 Å². The normalized spacial score (nSPS) is 15.4. The first-order valence-electron chi connectivity index (χ1n) is 11.6. The third kappa shape index (κ3) is 6.10. The van der Waals surface area contributed by atoms with E-state index in [0.29, 0.717) is 12.6 Å². The van der Waals surface area contributed by atoms with Gasteiger partial charge < -0.3 is 15.4 Å². The molecule has 0 bridgehead atoms. The maximum absolute atomic E-state index is 5.34. The van der Waals surface area contributed by atoms with Crippen LogP contribution in [0.2, 0.25) is 0 Å². The van der Waals surface area contributed by atoms with E-state index >= 15 is 0 Å². The van der Waals surface area contributed by atoms with Crippen LogP contribution in [0.5, 0.6) is 5.75 Å². The van der Waals surface area contributed by atoms with Gasteiger partial charge in [-0.2, -0.15) is 5.10 Å². The molecule has 4 rings (SSSR count). The molecule has 8 nitrogen and oxygen atoms in total. The second kappa shape index (κ2) is 11.5. The first-order chi connectivity index (χ1) is 16.3. The smallest absolute Gasteiger partial charge is 0.191 e. The number of nitrogens with one attached hydrogen (secondary N) is 2. The molecule has 1 aliphatic rings. The highest BCUT2D eigenvalue weighted by Gasteiger charge is 2.23. The molecule has 0 amide bonds. The van der Waals surface area contributed by atoms with Crippen LogP contribution < -0.4 is 15.4 Å². The zero-order valence-corrected chi connectivity index (χ0v) is 19.4. The van der Waals surface area contributed by atoms with Gasteiger partial charge in [0.15, 0.2) is 5.96 Å². The molecule has 3 aromatic rings. The average molecular weight is 448 g/mol. The minimum absolute atomic E-state index is 0.296. The molecule has 2 N–H and O–H groups in total. The van der Waals surface area contributed by atoms with Gasteiger partial charge in [0.05, 0.1) is 25.4 Å². The quantitative estimate of drug-likeness (QED) is 0.387. The number of hydrogen-bond acceptors (Lipinski definition) is 5. The number of likely N-dealkylation sites (tertiary alicyclic amines) is 1. The van der Waals surface area contributed by atoms with Crippen molar-refractivity contribution in [1.82, 2.24) is 30.3 Å². The lowest BCUT2D eigenvalue weighted by atomic mass is 10.1. The summed E-state index contributed by atoms with van der Waals surface area (Å²) in [6, 6.07) is 16.9. The number of ether oxygens (including phenoxy) is 1. The minimum atomic E-state index is 0.296. The van der Waals surface area contributed by atoms with Gasteiger partial charge in [0.1, 0.15) is 18.4 Å². The third-order valence-corrected chi connectivity index (χ3v) is 5.93.